The average molecular weight is 1160 g/mol. The largest absolute Gasteiger partial charge is 1.00 e. The fourth-order valence-corrected chi connectivity index (χ4v) is 14.6. The van der Waals surface area contributed by atoms with Gasteiger partial charge in [-0.3, -0.25) is 11.8 Å². The maximum absolute atomic E-state index is 7.28. The summed E-state index contributed by atoms with van der Waals surface area (Å²) >= 11 is 0. The minimum atomic E-state index is -1.14. The van der Waals surface area contributed by atoms with Crippen LogP contribution in [-0.4, -0.2) is 0 Å². The van der Waals surface area contributed by atoms with Crippen molar-refractivity contribution in [1.82, 2.24) is 0 Å². The van der Waals surface area contributed by atoms with Gasteiger partial charge in [-0.15, -0.1) is 23.3 Å². The van der Waals surface area contributed by atoms with Crippen molar-refractivity contribution in [2.45, 2.75) is 0 Å². The molecule has 0 fully saturated rings. The van der Waals surface area contributed by atoms with Crippen molar-refractivity contribution >= 4 is 90.8 Å². The van der Waals surface area contributed by atoms with Crippen LogP contribution in [0.5, 0.6) is 0 Å². The molecular formula is C62H44AgAuP2+2. The van der Waals surface area contributed by atoms with E-state index < -0.39 is 15.8 Å². The van der Waals surface area contributed by atoms with E-state index in [1.807, 2.05) is 48.5 Å². The maximum atomic E-state index is 7.28. The monoisotopic (exact) mass is 1150 g/mol. The molecule has 11 aromatic rings. The van der Waals surface area contributed by atoms with E-state index in [4.69, 9.17) is 12.8 Å². The van der Waals surface area contributed by atoms with Gasteiger partial charge >= 0.3 is 44.8 Å². The molecule has 322 valence electrons. The molecule has 0 aliphatic heterocycles. The van der Waals surface area contributed by atoms with Gasteiger partial charge in [0.1, 0.15) is 47.7 Å². The minimum Gasteiger partial charge on any atom is -0.366 e. The summed E-state index contributed by atoms with van der Waals surface area (Å²) in [4.78, 5) is 0. The number of benzene rings is 11. The Labute approximate surface area is 422 Å². The van der Waals surface area contributed by atoms with Gasteiger partial charge in [0, 0.05) is 0 Å². The smallest absolute Gasteiger partial charge is 0.366 e. The summed E-state index contributed by atoms with van der Waals surface area (Å²) in [6.45, 7) is 0. The minimum absolute atomic E-state index is 0. The molecule has 0 unspecified atom stereocenters. The van der Waals surface area contributed by atoms with Crippen LogP contribution in [0.3, 0.4) is 0 Å². The number of hydrogen-bond donors (Lipinski definition) is 0. The zero-order valence-electron chi connectivity index (χ0n) is 35.9. The summed E-state index contributed by atoms with van der Waals surface area (Å²) in [5.41, 5.74) is 1.70. The molecule has 66 heavy (non-hydrogen) atoms. The van der Waals surface area contributed by atoms with E-state index in [1.54, 1.807) is 0 Å². The number of rotatable bonds is 6. The van der Waals surface area contributed by atoms with E-state index in [-0.39, 0.29) is 44.8 Å². The van der Waals surface area contributed by atoms with Gasteiger partial charge in [0.05, 0.1) is 0 Å². The Morgan fingerprint density at radius 1 is 0.258 bits per heavy atom. The molecule has 0 heterocycles. The van der Waals surface area contributed by atoms with Gasteiger partial charge in [0.25, 0.3) is 0 Å². The first kappa shape index (κ1) is 47.9. The fraction of sp³-hybridized carbons (Fsp3) is 0. The second-order valence-corrected chi connectivity index (χ2v) is 20.3. The van der Waals surface area contributed by atoms with Gasteiger partial charge in [-0.25, -0.2) is 0 Å². The molecule has 0 spiro atoms. The second kappa shape index (κ2) is 23.4. The van der Waals surface area contributed by atoms with E-state index >= 15 is 0 Å². The van der Waals surface area contributed by atoms with Gasteiger partial charge < -0.3 is 12.8 Å². The van der Waals surface area contributed by atoms with Crippen molar-refractivity contribution in [2.75, 3.05) is 0 Å². The average Bonchev–Trinajstić information content (AvgIpc) is 3.38. The van der Waals surface area contributed by atoms with Crippen molar-refractivity contribution in [3.05, 3.63) is 279 Å². The molecule has 0 atom stereocenters. The van der Waals surface area contributed by atoms with Gasteiger partial charge in [-0.2, -0.15) is 0 Å². The van der Waals surface area contributed by atoms with Crippen LogP contribution in [0.25, 0.3) is 43.1 Å². The van der Waals surface area contributed by atoms with Crippen LogP contribution in [-0.2, 0) is 44.8 Å². The number of fused-ring (bicyclic) bond motifs is 6. The van der Waals surface area contributed by atoms with E-state index in [0.717, 1.165) is 21.9 Å². The summed E-state index contributed by atoms with van der Waals surface area (Å²) in [6, 6.07) is 90.3. The van der Waals surface area contributed by atoms with Gasteiger partial charge in [0.2, 0.25) is 0 Å². The Balaban J connectivity index is 0.000000160. The number of hydrogen-bond acceptors (Lipinski definition) is 0. The summed E-state index contributed by atoms with van der Waals surface area (Å²) in [6.07, 6.45) is 14.6. The van der Waals surface area contributed by atoms with Crippen LogP contribution in [0.1, 0.15) is 11.1 Å². The quantitative estimate of drug-likeness (QED) is 0.0512. The van der Waals surface area contributed by atoms with E-state index in [9.17, 15) is 0 Å². The summed E-state index contributed by atoms with van der Waals surface area (Å²) < 4.78 is 0. The second-order valence-electron chi connectivity index (χ2n) is 15.4. The van der Waals surface area contributed by atoms with Gasteiger partial charge in [-0.05, 0) is 93.0 Å². The van der Waals surface area contributed by atoms with Crippen LogP contribution in [0, 0.1) is 24.7 Å². The van der Waals surface area contributed by atoms with Gasteiger partial charge in [-0.1, -0.05) is 193 Å². The van der Waals surface area contributed by atoms with Crippen LogP contribution >= 0.6 is 15.8 Å². The third kappa shape index (κ3) is 10.6. The van der Waals surface area contributed by atoms with E-state index in [0.29, 0.717) is 0 Å². The van der Waals surface area contributed by atoms with Crippen molar-refractivity contribution in [3.8, 4) is 11.8 Å². The van der Waals surface area contributed by atoms with Crippen LogP contribution in [0.4, 0.5) is 0 Å². The van der Waals surface area contributed by atoms with Crippen molar-refractivity contribution in [2.24, 2.45) is 0 Å². The Kier molecular flexibility index (Phi) is 17.0. The first-order chi connectivity index (χ1) is 31.7. The molecule has 0 aliphatic carbocycles. The van der Waals surface area contributed by atoms with Crippen LogP contribution < -0.4 is 31.8 Å². The molecule has 0 aromatic heterocycles. The molecule has 0 nitrogen and oxygen atoms in total. The summed E-state index contributed by atoms with van der Waals surface area (Å²) in [5, 5.41) is 18.2. The molecule has 0 aliphatic rings. The molecule has 0 radical (unpaired) electrons. The molecule has 0 saturated heterocycles. The molecule has 0 bridgehead atoms. The van der Waals surface area contributed by atoms with Crippen LogP contribution in [0.15, 0.2) is 255 Å². The normalized spacial score (nSPS) is 10.4. The Morgan fingerprint density at radius 2 is 0.545 bits per heavy atom. The van der Waals surface area contributed by atoms with E-state index in [2.05, 4.69) is 218 Å². The molecule has 0 amide bonds. The predicted octanol–water partition coefficient (Wildman–Crippen LogP) is 12.5. The Bertz CT molecular complexity index is 3110. The van der Waals surface area contributed by atoms with Crippen molar-refractivity contribution in [1.29, 1.82) is 0 Å². The Hall–Kier alpha value is -6.08. The molecule has 0 saturated carbocycles. The molecule has 11 aromatic carbocycles. The molecule has 11 rings (SSSR count). The first-order valence-electron chi connectivity index (χ1n) is 21.4. The van der Waals surface area contributed by atoms with Gasteiger partial charge in [0.15, 0.2) is 0 Å². The fourth-order valence-electron chi connectivity index (χ4n) is 8.59. The zero-order valence-corrected chi connectivity index (χ0v) is 41.5. The van der Waals surface area contributed by atoms with Crippen LogP contribution in [0.2, 0.25) is 0 Å². The third-order valence-electron chi connectivity index (χ3n) is 11.6. The third-order valence-corrected chi connectivity index (χ3v) is 17.4. The summed E-state index contributed by atoms with van der Waals surface area (Å²) in [5.74, 6) is 4.97. The van der Waals surface area contributed by atoms with E-state index in [1.165, 1.54) is 64.1 Å². The maximum Gasteiger partial charge on any atom is 1.00 e. The predicted molar refractivity (Wildman–Crippen MR) is 282 cm³/mol. The molecule has 4 heteroatoms. The van der Waals surface area contributed by atoms with Crippen molar-refractivity contribution in [3.63, 3.8) is 0 Å². The molecular weight excluding hydrogens is 1110 g/mol. The standard InChI is InChI=1S/C30H24P2.2C16H9.Ag.Au/c1-5-15-25(16-6-1)31(26-17-7-2-8-18-26)29-23-13-14-24-30(29)32(27-19-9-3-10-20-27)28-21-11-4-12-22-28;2*1-2-12-7-5-9-16-14-8-4-3-6-13(14)10-11-15(12)16;;/h1-24H;2*3-11H;;/q;2*-1;2*+1/p+2. The Morgan fingerprint density at radius 3 is 0.879 bits per heavy atom. The summed E-state index contributed by atoms with van der Waals surface area (Å²) in [7, 11) is -2.28. The topological polar surface area (TPSA) is 0 Å². The first-order valence-corrected chi connectivity index (χ1v) is 24.4. The SMILES string of the molecule is [Ag+].[Au+].[C-]#Cc1cccc2c1ccc1ccccc12.[C-]#Cc1cccc2c1ccc1ccccc12.c1ccc([PH+](c2ccccc2)c2ccccc2[PH+](c2ccccc2)c2ccccc2)cc1. The van der Waals surface area contributed by atoms with Crippen molar-refractivity contribution < 1.29 is 44.8 Å². The molecule has 0 N–H and O–H groups in total. The zero-order chi connectivity index (χ0) is 43.5.